The summed E-state index contributed by atoms with van der Waals surface area (Å²) in [7, 11) is 2.02. The Kier molecular flexibility index (Phi) is 3.72. The van der Waals surface area contributed by atoms with E-state index in [0.29, 0.717) is 11.3 Å². The highest BCUT2D eigenvalue weighted by atomic mass is 15.1. The van der Waals surface area contributed by atoms with Crippen molar-refractivity contribution in [3.63, 3.8) is 0 Å². The highest BCUT2D eigenvalue weighted by molar-refractivity contribution is 5.66. The van der Waals surface area contributed by atoms with Gasteiger partial charge >= 0.3 is 0 Å². The van der Waals surface area contributed by atoms with E-state index in [-0.39, 0.29) is 0 Å². The number of nitriles is 1. The zero-order valence-electron chi connectivity index (χ0n) is 11.2. The molecule has 0 aromatic heterocycles. The van der Waals surface area contributed by atoms with Gasteiger partial charge in [0.15, 0.2) is 0 Å². The SMILES string of the molecule is Cc1cc(N)c(C#N)cc1N(C)Cc1ccccc1. The lowest BCUT2D eigenvalue weighted by Gasteiger charge is -2.22. The highest BCUT2D eigenvalue weighted by Crippen LogP contribution is 2.26. The van der Waals surface area contributed by atoms with Gasteiger partial charge in [0.05, 0.1) is 5.56 Å². The number of nitrogens with zero attached hydrogens (tertiary/aromatic N) is 2. The van der Waals surface area contributed by atoms with E-state index in [4.69, 9.17) is 11.0 Å². The van der Waals surface area contributed by atoms with E-state index in [1.165, 1.54) is 5.56 Å². The Morgan fingerprint density at radius 2 is 1.89 bits per heavy atom. The Balaban J connectivity index is 2.29. The monoisotopic (exact) mass is 251 g/mol. The van der Waals surface area contributed by atoms with Crippen LogP contribution in [0.1, 0.15) is 16.7 Å². The third-order valence-electron chi connectivity index (χ3n) is 3.16. The van der Waals surface area contributed by atoms with Crippen LogP contribution in [0.3, 0.4) is 0 Å². The first-order chi connectivity index (χ1) is 9.11. The van der Waals surface area contributed by atoms with Gasteiger partial charge in [-0.2, -0.15) is 5.26 Å². The number of hydrogen-bond donors (Lipinski definition) is 1. The molecule has 3 heteroatoms. The van der Waals surface area contributed by atoms with E-state index < -0.39 is 0 Å². The second-order valence-corrected chi connectivity index (χ2v) is 4.68. The summed E-state index contributed by atoms with van der Waals surface area (Å²) in [5.41, 5.74) is 10.2. The molecule has 0 amide bonds. The highest BCUT2D eigenvalue weighted by Gasteiger charge is 2.09. The van der Waals surface area contributed by atoms with Gasteiger partial charge in [0.1, 0.15) is 6.07 Å². The van der Waals surface area contributed by atoms with E-state index >= 15 is 0 Å². The van der Waals surface area contributed by atoms with Gasteiger partial charge in [-0.25, -0.2) is 0 Å². The number of benzene rings is 2. The average Bonchev–Trinajstić information content (AvgIpc) is 2.40. The molecule has 0 aliphatic heterocycles. The van der Waals surface area contributed by atoms with Crippen molar-refractivity contribution < 1.29 is 0 Å². The van der Waals surface area contributed by atoms with Crippen LogP contribution in [0.2, 0.25) is 0 Å². The fourth-order valence-electron chi connectivity index (χ4n) is 2.17. The van der Waals surface area contributed by atoms with E-state index in [2.05, 4.69) is 23.1 Å². The molecule has 0 aliphatic carbocycles. The standard InChI is InChI=1S/C16H17N3/c1-12-8-15(18)14(10-17)9-16(12)19(2)11-13-6-4-3-5-7-13/h3-9H,11,18H2,1-2H3. The second-order valence-electron chi connectivity index (χ2n) is 4.68. The minimum absolute atomic E-state index is 0.528. The average molecular weight is 251 g/mol. The lowest BCUT2D eigenvalue weighted by molar-refractivity contribution is 0.917. The van der Waals surface area contributed by atoms with Crippen LogP contribution in [-0.2, 0) is 6.54 Å². The van der Waals surface area contributed by atoms with Crippen LogP contribution in [0.4, 0.5) is 11.4 Å². The van der Waals surface area contributed by atoms with Gasteiger partial charge in [-0.1, -0.05) is 30.3 Å². The van der Waals surface area contributed by atoms with Crippen LogP contribution in [0.5, 0.6) is 0 Å². The molecule has 2 N–H and O–H groups in total. The molecule has 0 unspecified atom stereocenters. The van der Waals surface area contributed by atoms with Crippen molar-refractivity contribution in [2.24, 2.45) is 0 Å². The van der Waals surface area contributed by atoms with Gasteiger partial charge < -0.3 is 10.6 Å². The molecule has 2 rings (SSSR count). The predicted molar refractivity (Wildman–Crippen MR) is 78.9 cm³/mol. The molecule has 0 saturated carbocycles. The van der Waals surface area contributed by atoms with Crippen LogP contribution in [0, 0.1) is 18.3 Å². The molecular formula is C16H17N3. The van der Waals surface area contributed by atoms with Crippen LogP contribution in [-0.4, -0.2) is 7.05 Å². The molecule has 0 bridgehead atoms. The molecule has 2 aromatic carbocycles. The zero-order valence-corrected chi connectivity index (χ0v) is 11.2. The summed E-state index contributed by atoms with van der Waals surface area (Å²) in [6, 6.07) is 16.1. The molecule has 19 heavy (non-hydrogen) atoms. The van der Waals surface area contributed by atoms with E-state index in [9.17, 15) is 0 Å². The van der Waals surface area contributed by atoms with Gasteiger partial charge in [-0.05, 0) is 30.2 Å². The third kappa shape index (κ3) is 2.86. The minimum Gasteiger partial charge on any atom is -0.398 e. The van der Waals surface area contributed by atoms with Crippen molar-refractivity contribution in [2.45, 2.75) is 13.5 Å². The summed E-state index contributed by atoms with van der Waals surface area (Å²) < 4.78 is 0. The molecule has 3 nitrogen and oxygen atoms in total. The van der Waals surface area contributed by atoms with Crippen molar-refractivity contribution in [1.29, 1.82) is 5.26 Å². The molecule has 0 spiro atoms. The normalized spacial score (nSPS) is 9.95. The lowest BCUT2D eigenvalue weighted by Crippen LogP contribution is -2.17. The van der Waals surface area contributed by atoms with E-state index in [1.54, 1.807) is 0 Å². The van der Waals surface area contributed by atoms with Crippen molar-refractivity contribution in [2.75, 3.05) is 17.7 Å². The maximum Gasteiger partial charge on any atom is 0.101 e. The lowest BCUT2D eigenvalue weighted by atomic mass is 10.1. The first-order valence-electron chi connectivity index (χ1n) is 6.17. The first kappa shape index (κ1) is 13.0. The maximum atomic E-state index is 9.06. The Hall–Kier alpha value is -2.47. The van der Waals surface area contributed by atoms with Gasteiger partial charge in [-0.3, -0.25) is 0 Å². The number of aryl methyl sites for hydroxylation is 1. The second kappa shape index (κ2) is 5.45. The molecule has 0 fully saturated rings. The van der Waals surface area contributed by atoms with Crippen LogP contribution >= 0.6 is 0 Å². The number of anilines is 2. The third-order valence-corrected chi connectivity index (χ3v) is 3.16. The van der Waals surface area contributed by atoms with Crippen molar-refractivity contribution >= 4 is 11.4 Å². The van der Waals surface area contributed by atoms with Crippen LogP contribution in [0.15, 0.2) is 42.5 Å². The van der Waals surface area contributed by atoms with Gasteiger partial charge in [0, 0.05) is 25.0 Å². The number of nitrogen functional groups attached to an aromatic ring is 1. The fourth-order valence-corrected chi connectivity index (χ4v) is 2.17. The smallest absolute Gasteiger partial charge is 0.101 e. The summed E-state index contributed by atoms with van der Waals surface area (Å²) in [5.74, 6) is 0. The fraction of sp³-hybridized carbons (Fsp3) is 0.188. The number of rotatable bonds is 3. The van der Waals surface area contributed by atoms with E-state index in [0.717, 1.165) is 17.8 Å². The largest absolute Gasteiger partial charge is 0.398 e. The Bertz CT molecular complexity index is 612. The van der Waals surface area contributed by atoms with Gasteiger partial charge in [-0.15, -0.1) is 0 Å². The summed E-state index contributed by atoms with van der Waals surface area (Å²) >= 11 is 0. The zero-order chi connectivity index (χ0) is 13.8. The molecule has 0 atom stereocenters. The molecule has 0 radical (unpaired) electrons. The molecule has 2 aromatic rings. The Morgan fingerprint density at radius 3 is 2.53 bits per heavy atom. The Labute approximate surface area is 113 Å². The van der Waals surface area contributed by atoms with Crippen molar-refractivity contribution in [1.82, 2.24) is 0 Å². The van der Waals surface area contributed by atoms with Crippen molar-refractivity contribution in [3.8, 4) is 6.07 Å². The maximum absolute atomic E-state index is 9.06. The molecule has 0 saturated heterocycles. The van der Waals surface area contributed by atoms with Crippen LogP contribution < -0.4 is 10.6 Å². The van der Waals surface area contributed by atoms with Gasteiger partial charge in [0.2, 0.25) is 0 Å². The van der Waals surface area contributed by atoms with Gasteiger partial charge in [0.25, 0.3) is 0 Å². The molecule has 0 heterocycles. The molecule has 0 aliphatic rings. The predicted octanol–water partition coefficient (Wildman–Crippen LogP) is 3.09. The minimum atomic E-state index is 0.528. The Morgan fingerprint density at radius 1 is 1.21 bits per heavy atom. The number of hydrogen-bond acceptors (Lipinski definition) is 3. The number of nitrogens with two attached hydrogens (primary N) is 1. The van der Waals surface area contributed by atoms with E-state index in [1.807, 2.05) is 44.3 Å². The van der Waals surface area contributed by atoms with Crippen LogP contribution in [0.25, 0.3) is 0 Å². The summed E-state index contributed by atoms with van der Waals surface area (Å²) in [6.45, 7) is 2.81. The molecule has 96 valence electrons. The first-order valence-corrected chi connectivity index (χ1v) is 6.17. The topological polar surface area (TPSA) is 53.1 Å². The van der Waals surface area contributed by atoms with Crippen molar-refractivity contribution in [3.05, 3.63) is 59.2 Å². The summed E-state index contributed by atoms with van der Waals surface area (Å²) in [5, 5.41) is 9.06. The summed E-state index contributed by atoms with van der Waals surface area (Å²) in [4.78, 5) is 2.13. The quantitative estimate of drug-likeness (QED) is 0.853. The molecular weight excluding hydrogens is 234 g/mol. The summed E-state index contributed by atoms with van der Waals surface area (Å²) in [6.07, 6.45) is 0.